The first kappa shape index (κ1) is 15.3. The van der Waals surface area contributed by atoms with E-state index < -0.39 is 33.7 Å². The molecule has 0 saturated heterocycles. The molecule has 7 heteroatoms. The molecule has 0 heterocycles. The van der Waals surface area contributed by atoms with Crippen molar-refractivity contribution in [2.24, 2.45) is 5.41 Å². The Labute approximate surface area is 120 Å². The Bertz CT molecular complexity index is 602. The maximum Gasteiger partial charge on any atom is 0.285 e. The van der Waals surface area contributed by atoms with E-state index in [1.165, 1.54) is 0 Å². The number of benzene rings is 1. The largest absolute Gasteiger partial charge is 0.349 e. The number of carbonyl (C=O) groups excluding carboxylic acids is 1. The van der Waals surface area contributed by atoms with Crippen molar-refractivity contribution in [1.82, 2.24) is 5.32 Å². The van der Waals surface area contributed by atoms with Gasteiger partial charge < -0.3 is 5.32 Å². The summed E-state index contributed by atoms with van der Waals surface area (Å²) in [6.45, 7) is 3.98. The summed E-state index contributed by atoms with van der Waals surface area (Å²) in [5, 5.41) is 13.6. The summed E-state index contributed by atoms with van der Waals surface area (Å²) in [6.07, 6.45) is 2.63. The maximum absolute atomic E-state index is 13.3. The fourth-order valence-electron chi connectivity index (χ4n) is 2.70. The van der Waals surface area contributed by atoms with Crippen molar-refractivity contribution in [3.8, 4) is 0 Å². The van der Waals surface area contributed by atoms with Crippen LogP contribution in [0.1, 0.15) is 43.5 Å². The molecular formula is C14H16F2N2O3. The zero-order valence-electron chi connectivity index (χ0n) is 11.8. The lowest BCUT2D eigenvalue weighted by atomic mass is 9.87. The van der Waals surface area contributed by atoms with Gasteiger partial charge >= 0.3 is 0 Å². The van der Waals surface area contributed by atoms with Gasteiger partial charge in [-0.05, 0) is 24.3 Å². The molecule has 5 nitrogen and oxygen atoms in total. The van der Waals surface area contributed by atoms with E-state index in [4.69, 9.17) is 0 Å². The number of amides is 1. The molecule has 1 aromatic rings. The second kappa shape index (κ2) is 5.38. The summed E-state index contributed by atoms with van der Waals surface area (Å²) in [5.74, 6) is -3.38. The first-order valence-corrected chi connectivity index (χ1v) is 6.66. The second-order valence-corrected chi connectivity index (χ2v) is 5.95. The van der Waals surface area contributed by atoms with Crippen LogP contribution in [0.2, 0.25) is 0 Å². The van der Waals surface area contributed by atoms with E-state index in [2.05, 4.69) is 5.32 Å². The quantitative estimate of drug-likeness (QED) is 0.688. The van der Waals surface area contributed by atoms with Gasteiger partial charge in [-0.2, -0.15) is 0 Å². The summed E-state index contributed by atoms with van der Waals surface area (Å²) in [5.41, 5.74) is -1.31. The molecule has 21 heavy (non-hydrogen) atoms. The van der Waals surface area contributed by atoms with Crippen molar-refractivity contribution in [2.45, 2.75) is 39.2 Å². The zero-order valence-corrected chi connectivity index (χ0v) is 11.8. The van der Waals surface area contributed by atoms with E-state index in [0.717, 1.165) is 19.3 Å². The Morgan fingerprint density at radius 1 is 1.38 bits per heavy atom. The maximum atomic E-state index is 13.3. The lowest BCUT2D eigenvalue weighted by molar-refractivity contribution is -0.385. The molecule has 1 saturated carbocycles. The van der Waals surface area contributed by atoms with E-state index >= 15 is 0 Å². The van der Waals surface area contributed by atoms with Crippen LogP contribution >= 0.6 is 0 Å². The molecule has 0 bridgehead atoms. The number of hydrogen-bond acceptors (Lipinski definition) is 3. The van der Waals surface area contributed by atoms with Crippen LogP contribution in [0.5, 0.6) is 0 Å². The fourth-order valence-corrected chi connectivity index (χ4v) is 2.70. The molecule has 1 aliphatic carbocycles. The highest BCUT2D eigenvalue weighted by Gasteiger charge is 2.36. The van der Waals surface area contributed by atoms with Crippen LogP contribution in [0.15, 0.2) is 12.1 Å². The van der Waals surface area contributed by atoms with Crippen molar-refractivity contribution in [3.05, 3.63) is 39.4 Å². The van der Waals surface area contributed by atoms with Crippen molar-refractivity contribution >= 4 is 11.6 Å². The van der Waals surface area contributed by atoms with Gasteiger partial charge in [0.1, 0.15) is 5.56 Å². The van der Waals surface area contributed by atoms with Crippen LogP contribution in [-0.4, -0.2) is 16.9 Å². The molecule has 0 spiro atoms. The Kier molecular flexibility index (Phi) is 3.93. The average molecular weight is 298 g/mol. The van der Waals surface area contributed by atoms with Crippen molar-refractivity contribution in [2.75, 3.05) is 0 Å². The second-order valence-electron chi connectivity index (χ2n) is 5.95. The van der Waals surface area contributed by atoms with Gasteiger partial charge in [0.05, 0.1) is 11.0 Å². The first-order chi connectivity index (χ1) is 9.72. The van der Waals surface area contributed by atoms with Crippen LogP contribution in [0.25, 0.3) is 0 Å². The summed E-state index contributed by atoms with van der Waals surface area (Å²) in [6, 6.07) is 0.868. The van der Waals surface area contributed by atoms with Crippen LogP contribution in [0, 0.1) is 27.2 Å². The highest BCUT2D eigenvalue weighted by molar-refractivity contribution is 5.98. The molecule has 0 aromatic heterocycles. The SMILES string of the molecule is CC1(C)CCCC1NC(=O)c1cc(F)c(F)cc1[N+](=O)[O-]. The molecule has 1 unspecified atom stereocenters. The highest BCUT2D eigenvalue weighted by Crippen LogP contribution is 2.37. The molecule has 0 aliphatic heterocycles. The highest BCUT2D eigenvalue weighted by atomic mass is 19.2. The summed E-state index contributed by atoms with van der Waals surface area (Å²) >= 11 is 0. The number of nitrogens with one attached hydrogen (secondary N) is 1. The van der Waals surface area contributed by atoms with Gasteiger partial charge in [0.2, 0.25) is 0 Å². The molecule has 1 amide bonds. The van der Waals surface area contributed by atoms with E-state index in [-0.39, 0.29) is 11.5 Å². The number of nitro benzene ring substituents is 1. The average Bonchev–Trinajstić information content (AvgIpc) is 2.71. The number of carbonyl (C=O) groups is 1. The lowest BCUT2D eigenvalue weighted by Crippen LogP contribution is -2.41. The topological polar surface area (TPSA) is 72.2 Å². The summed E-state index contributed by atoms with van der Waals surface area (Å²) < 4.78 is 26.4. The third-order valence-corrected chi connectivity index (χ3v) is 4.04. The van der Waals surface area contributed by atoms with Crippen LogP contribution < -0.4 is 5.32 Å². The van der Waals surface area contributed by atoms with Crippen LogP contribution in [0.3, 0.4) is 0 Å². The minimum atomic E-state index is -1.35. The summed E-state index contributed by atoms with van der Waals surface area (Å²) in [4.78, 5) is 22.2. The van der Waals surface area contributed by atoms with Crippen molar-refractivity contribution in [3.63, 3.8) is 0 Å². The van der Waals surface area contributed by atoms with Gasteiger partial charge in [-0.3, -0.25) is 14.9 Å². The first-order valence-electron chi connectivity index (χ1n) is 6.66. The minimum Gasteiger partial charge on any atom is -0.349 e. The molecule has 0 radical (unpaired) electrons. The molecule has 1 N–H and O–H groups in total. The third-order valence-electron chi connectivity index (χ3n) is 4.04. The predicted molar refractivity (Wildman–Crippen MR) is 71.9 cm³/mol. The monoisotopic (exact) mass is 298 g/mol. The van der Waals surface area contributed by atoms with Crippen molar-refractivity contribution in [1.29, 1.82) is 0 Å². The van der Waals surface area contributed by atoms with E-state index in [9.17, 15) is 23.7 Å². The number of nitro groups is 1. The smallest absolute Gasteiger partial charge is 0.285 e. The van der Waals surface area contributed by atoms with E-state index in [0.29, 0.717) is 12.1 Å². The van der Waals surface area contributed by atoms with Gasteiger partial charge in [0.25, 0.3) is 11.6 Å². The van der Waals surface area contributed by atoms with Gasteiger partial charge in [-0.25, -0.2) is 8.78 Å². The Balaban J connectivity index is 2.31. The molecule has 1 atom stereocenters. The third kappa shape index (κ3) is 3.01. The lowest BCUT2D eigenvalue weighted by Gasteiger charge is -2.27. The number of nitrogens with zero attached hydrogens (tertiary/aromatic N) is 1. The Morgan fingerprint density at radius 2 is 2.00 bits per heavy atom. The molecule has 2 rings (SSSR count). The zero-order chi connectivity index (χ0) is 15.8. The predicted octanol–water partition coefficient (Wildman–Crippen LogP) is 3.18. The number of halogens is 2. The van der Waals surface area contributed by atoms with E-state index in [1.807, 2.05) is 13.8 Å². The number of rotatable bonds is 3. The van der Waals surface area contributed by atoms with Crippen molar-refractivity contribution < 1.29 is 18.5 Å². The molecule has 1 aromatic carbocycles. The van der Waals surface area contributed by atoms with Crippen LogP contribution in [0.4, 0.5) is 14.5 Å². The normalized spacial score (nSPS) is 20.3. The number of hydrogen-bond donors (Lipinski definition) is 1. The Hall–Kier alpha value is -2.05. The van der Waals surface area contributed by atoms with Crippen LogP contribution in [-0.2, 0) is 0 Å². The Morgan fingerprint density at radius 3 is 2.52 bits per heavy atom. The molecule has 1 fully saturated rings. The standard InChI is InChI=1S/C14H16F2N2O3/c1-14(2)5-3-4-12(14)17-13(19)8-6-9(15)10(16)7-11(8)18(20)21/h6-7,12H,3-5H2,1-2H3,(H,17,19). The van der Waals surface area contributed by atoms with Gasteiger partial charge in [-0.15, -0.1) is 0 Å². The van der Waals surface area contributed by atoms with Gasteiger partial charge in [0, 0.05) is 6.04 Å². The van der Waals surface area contributed by atoms with Gasteiger partial charge in [0.15, 0.2) is 11.6 Å². The molecule has 1 aliphatic rings. The van der Waals surface area contributed by atoms with E-state index in [1.54, 1.807) is 0 Å². The molecular weight excluding hydrogens is 282 g/mol. The fraction of sp³-hybridized carbons (Fsp3) is 0.500. The summed E-state index contributed by atoms with van der Waals surface area (Å²) in [7, 11) is 0. The van der Waals surface area contributed by atoms with Gasteiger partial charge in [-0.1, -0.05) is 20.3 Å². The minimum absolute atomic E-state index is 0.122. The molecule has 114 valence electrons.